The number of rotatable bonds is 27. The normalized spacial score (nSPS) is 12.2. The molecule has 0 saturated heterocycles. The Bertz CT molecular complexity index is 1920. The molecule has 0 atom stereocenters. The van der Waals surface area contributed by atoms with Crippen molar-refractivity contribution in [3.63, 3.8) is 0 Å². The number of benzene rings is 4. The molecule has 0 amide bonds. The number of hydrogen-bond donors (Lipinski definition) is 2. The average molecular weight is 942 g/mol. The number of aliphatic hydroxyl groups excluding tert-OH is 2. The van der Waals surface area contributed by atoms with E-state index in [9.17, 15) is 5.53 Å². The zero-order valence-corrected chi connectivity index (χ0v) is 43.9. The first-order chi connectivity index (χ1) is 31.8. The van der Waals surface area contributed by atoms with Crippen molar-refractivity contribution in [3.8, 4) is 0 Å². The van der Waals surface area contributed by atoms with Crippen molar-refractivity contribution < 1.29 is 31.4 Å². The fourth-order valence-electron chi connectivity index (χ4n) is 9.19. The molecule has 2 N–H and O–H groups in total. The Hall–Kier alpha value is -3.63. The first-order valence-electron chi connectivity index (χ1n) is 26.4. The molecule has 1 aliphatic rings. The van der Waals surface area contributed by atoms with Crippen molar-refractivity contribution in [2.24, 2.45) is 0 Å². The zero-order valence-electron chi connectivity index (χ0n) is 42.9. The molecule has 0 aliphatic carbocycles. The fourth-order valence-corrected chi connectivity index (χ4v) is 9.19. The van der Waals surface area contributed by atoms with Gasteiger partial charge in [0.05, 0.1) is 13.2 Å². The van der Waals surface area contributed by atoms with E-state index < -0.39 is 0 Å². The van der Waals surface area contributed by atoms with E-state index in [1.54, 1.807) is 15.8 Å². The van der Waals surface area contributed by atoms with Crippen LogP contribution in [0.4, 0.5) is 0 Å². The number of unbranched alkanes of at least 4 members (excludes halogenated alkanes) is 8. The number of hydrogen-bond acceptors (Lipinski definition) is 2. The van der Waals surface area contributed by atoms with Crippen LogP contribution in [0.3, 0.4) is 0 Å². The van der Waals surface area contributed by atoms with Crippen molar-refractivity contribution in [1.82, 2.24) is 0 Å². The van der Waals surface area contributed by atoms with Crippen LogP contribution in [0.1, 0.15) is 220 Å². The SMILES string of the molecule is CCCCCC1=C(c2cc(CCCC)c(CCCC)c(CCCC)c2)[N+](=[N-])C(c2cc(CCCC)c(CCCC)c(CCCC)c2)=C1CC.OCc1ccccc1.OCc1ccccc1.[Ni]. The van der Waals surface area contributed by atoms with Crippen LogP contribution < -0.4 is 0 Å². The third kappa shape index (κ3) is 18.5. The summed E-state index contributed by atoms with van der Waals surface area (Å²) in [6.07, 6.45) is 27.1. The zero-order chi connectivity index (χ0) is 47.2. The number of allylic oxidation sites excluding steroid dienone is 2. The van der Waals surface area contributed by atoms with Crippen LogP contribution in [0.15, 0.2) is 96.1 Å². The van der Waals surface area contributed by atoms with Crippen LogP contribution in [0, 0.1) is 0 Å². The first-order valence-corrected chi connectivity index (χ1v) is 26.4. The van der Waals surface area contributed by atoms with Crippen molar-refractivity contribution >= 4 is 11.4 Å². The Kier molecular flexibility index (Phi) is 30.7. The number of aryl methyl sites for hydroxylation is 4. The molecule has 0 unspecified atom stereocenters. The molecule has 0 bridgehead atoms. The summed E-state index contributed by atoms with van der Waals surface area (Å²) in [6.45, 7) is 18.8. The van der Waals surface area contributed by atoms with Gasteiger partial charge in [-0.2, -0.15) is 0 Å². The molecule has 5 heteroatoms. The van der Waals surface area contributed by atoms with Crippen LogP contribution in [0.2, 0.25) is 0 Å². The predicted molar refractivity (Wildman–Crippen MR) is 281 cm³/mol. The van der Waals surface area contributed by atoms with E-state index in [2.05, 4.69) is 79.7 Å². The Morgan fingerprint density at radius 2 is 0.712 bits per heavy atom. The summed E-state index contributed by atoms with van der Waals surface area (Å²) in [5, 5.41) is 17.1. The van der Waals surface area contributed by atoms with Crippen LogP contribution in [0.5, 0.6) is 0 Å². The van der Waals surface area contributed by atoms with Gasteiger partial charge < -0.3 is 15.7 Å². The van der Waals surface area contributed by atoms with E-state index in [1.165, 1.54) is 154 Å². The summed E-state index contributed by atoms with van der Waals surface area (Å²) in [7, 11) is 0. The third-order valence-electron chi connectivity index (χ3n) is 13.0. The van der Waals surface area contributed by atoms with E-state index in [0.29, 0.717) is 0 Å². The molecule has 1 aliphatic heterocycles. The molecule has 4 aromatic carbocycles. The second-order valence-corrected chi connectivity index (χ2v) is 18.2. The van der Waals surface area contributed by atoms with Crippen molar-refractivity contribution in [1.29, 1.82) is 0 Å². The Labute approximate surface area is 414 Å². The molecular formula is C61H90N2NiO2. The van der Waals surface area contributed by atoms with E-state index in [1.807, 2.05) is 60.7 Å². The van der Waals surface area contributed by atoms with Crippen LogP contribution >= 0.6 is 0 Å². The van der Waals surface area contributed by atoms with Crippen molar-refractivity contribution in [2.75, 3.05) is 0 Å². The predicted octanol–water partition coefficient (Wildman–Crippen LogP) is 17.3. The third-order valence-corrected chi connectivity index (χ3v) is 13.0. The molecule has 4 nitrogen and oxygen atoms in total. The molecule has 4 aromatic rings. The van der Waals surface area contributed by atoms with Gasteiger partial charge >= 0.3 is 0 Å². The molecule has 0 aromatic heterocycles. The monoisotopic (exact) mass is 941 g/mol. The van der Waals surface area contributed by atoms with Gasteiger partial charge in [0.25, 0.3) is 0 Å². The molecule has 0 spiro atoms. The molecule has 5 rings (SSSR count). The molecule has 66 heavy (non-hydrogen) atoms. The van der Waals surface area contributed by atoms with E-state index in [0.717, 1.165) is 61.0 Å². The maximum Gasteiger partial charge on any atom is 0.211 e. The van der Waals surface area contributed by atoms with E-state index in [4.69, 9.17) is 10.2 Å². The van der Waals surface area contributed by atoms with Gasteiger partial charge in [-0.25, -0.2) is 4.70 Å². The fraction of sp³-hybridized carbons (Fsp3) is 0.541. The first kappa shape index (κ1) is 58.5. The van der Waals surface area contributed by atoms with Gasteiger partial charge in [0, 0.05) is 38.8 Å². The summed E-state index contributed by atoms with van der Waals surface area (Å²) in [5.41, 5.74) is 31.2. The van der Waals surface area contributed by atoms with Gasteiger partial charge in [-0.15, -0.1) is 0 Å². The minimum absolute atomic E-state index is 0. The summed E-state index contributed by atoms with van der Waals surface area (Å²) in [4.78, 5) is 0. The van der Waals surface area contributed by atoms with Gasteiger partial charge in [-0.1, -0.05) is 167 Å². The summed E-state index contributed by atoms with van der Waals surface area (Å²) in [5.74, 6) is 0. The minimum Gasteiger partial charge on any atom is -0.493 e. The van der Waals surface area contributed by atoms with Gasteiger partial charge in [-0.05, 0) is 165 Å². The molecule has 0 radical (unpaired) electrons. The number of nitrogens with zero attached hydrogens (tertiary/aromatic N) is 2. The maximum atomic E-state index is 12.6. The smallest absolute Gasteiger partial charge is 0.211 e. The standard InChI is InChI=1S/C47H74N2.2C7H8O.Ni/c1-9-17-24-31-45-42(16-8)46(40-32-36(25-18-10-2)43(29-22-14-6)37(33-40)26-19-11-3)49(48)47(45)41-34-38(27-20-12-4)44(30-23-15-7)39(35-41)28-21-13-5;2*8-6-7-4-2-1-3-5-7;/h32-35H,9-31H2,1-8H3;2*1-5,8H,6H2;. The molecule has 1 heterocycles. The second-order valence-electron chi connectivity index (χ2n) is 18.2. The van der Waals surface area contributed by atoms with Crippen molar-refractivity contribution in [3.05, 3.63) is 157 Å². The van der Waals surface area contributed by atoms with E-state index in [-0.39, 0.29) is 29.7 Å². The Morgan fingerprint density at radius 3 is 1.00 bits per heavy atom. The van der Waals surface area contributed by atoms with Crippen molar-refractivity contribution in [2.45, 2.75) is 216 Å². The van der Waals surface area contributed by atoms with Crippen LogP contribution in [-0.4, -0.2) is 14.9 Å². The topological polar surface area (TPSA) is 65.8 Å². The molecular weight excluding hydrogens is 851 g/mol. The quantitative estimate of drug-likeness (QED) is 0.0355. The molecule has 0 saturated carbocycles. The Morgan fingerprint density at radius 1 is 0.394 bits per heavy atom. The van der Waals surface area contributed by atoms with E-state index >= 15 is 0 Å². The summed E-state index contributed by atoms with van der Waals surface area (Å²) >= 11 is 0. The summed E-state index contributed by atoms with van der Waals surface area (Å²) in [6, 6.07) is 29.0. The van der Waals surface area contributed by atoms with Gasteiger partial charge in [0.1, 0.15) is 0 Å². The minimum atomic E-state index is 0. The van der Waals surface area contributed by atoms with Crippen LogP contribution in [0.25, 0.3) is 16.9 Å². The second kappa shape index (κ2) is 34.6. The van der Waals surface area contributed by atoms with Gasteiger partial charge in [0.15, 0.2) is 0 Å². The maximum absolute atomic E-state index is 12.6. The summed E-state index contributed by atoms with van der Waals surface area (Å²) < 4.78 is 1.67. The van der Waals surface area contributed by atoms with Crippen LogP contribution in [-0.2, 0) is 68.2 Å². The average Bonchev–Trinajstić information content (AvgIpc) is 3.63. The molecule has 366 valence electrons. The number of aliphatic hydroxyl groups is 2. The van der Waals surface area contributed by atoms with Gasteiger partial charge in [-0.3, -0.25) is 0 Å². The molecule has 0 fully saturated rings. The Balaban J connectivity index is 0.000000732. The van der Waals surface area contributed by atoms with Gasteiger partial charge in [0.2, 0.25) is 11.4 Å². The largest absolute Gasteiger partial charge is 0.493 e.